The van der Waals surface area contributed by atoms with Crippen LogP contribution in [-0.2, 0) is 0 Å². The normalized spacial score (nSPS) is 26.5. The molecular weight excluding hydrogens is 234 g/mol. The lowest BCUT2D eigenvalue weighted by atomic mass is 10.0. The molecule has 1 heterocycles. The molecule has 0 saturated carbocycles. The summed E-state index contributed by atoms with van der Waals surface area (Å²) in [7, 11) is 2.22. The Morgan fingerprint density at radius 1 is 1.21 bits per heavy atom. The second-order valence-corrected chi connectivity index (χ2v) is 5.84. The van der Waals surface area contributed by atoms with Gasteiger partial charge < -0.3 is 10.6 Å². The molecule has 1 aliphatic rings. The van der Waals surface area contributed by atoms with E-state index in [1.807, 2.05) is 0 Å². The first-order valence-electron chi connectivity index (χ1n) is 7.36. The minimum atomic E-state index is 0.140. The average Bonchev–Trinajstić information content (AvgIpc) is 2.43. The van der Waals surface area contributed by atoms with Crippen LogP contribution in [0, 0.1) is 0 Å². The van der Waals surface area contributed by atoms with Crippen LogP contribution in [0.15, 0.2) is 24.3 Å². The Morgan fingerprint density at radius 3 is 2.37 bits per heavy atom. The molecule has 0 aliphatic carbocycles. The highest BCUT2D eigenvalue weighted by Gasteiger charge is 2.28. The lowest BCUT2D eigenvalue weighted by molar-refractivity contribution is 0.170. The van der Waals surface area contributed by atoms with E-state index in [0.717, 1.165) is 19.5 Å². The van der Waals surface area contributed by atoms with Crippen molar-refractivity contribution in [2.45, 2.75) is 45.3 Å². The van der Waals surface area contributed by atoms with E-state index in [1.54, 1.807) is 0 Å². The Labute approximate surface area is 117 Å². The third kappa shape index (κ3) is 2.93. The van der Waals surface area contributed by atoms with E-state index in [2.05, 4.69) is 61.9 Å². The van der Waals surface area contributed by atoms with Crippen LogP contribution in [0.2, 0.25) is 0 Å². The predicted octanol–water partition coefficient (Wildman–Crippen LogP) is 2.63. The summed E-state index contributed by atoms with van der Waals surface area (Å²) in [6, 6.07) is 9.91. The third-order valence-electron chi connectivity index (χ3n) is 4.48. The Morgan fingerprint density at radius 2 is 1.79 bits per heavy atom. The molecule has 0 aromatic heterocycles. The molecule has 3 nitrogen and oxygen atoms in total. The van der Waals surface area contributed by atoms with Crippen LogP contribution in [0.1, 0.15) is 38.8 Å². The van der Waals surface area contributed by atoms with Crippen LogP contribution in [0.25, 0.3) is 0 Å². The van der Waals surface area contributed by atoms with Gasteiger partial charge in [-0.1, -0.05) is 25.1 Å². The van der Waals surface area contributed by atoms with Crippen LogP contribution >= 0.6 is 0 Å². The first kappa shape index (κ1) is 14.4. The van der Waals surface area contributed by atoms with Gasteiger partial charge in [0.05, 0.1) is 0 Å². The monoisotopic (exact) mass is 261 g/mol. The Balaban J connectivity index is 2.27. The van der Waals surface area contributed by atoms with Crippen molar-refractivity contribution in [2.24, 2.45) is 5.73 Å². The van der Waals surface area contributed by atoms with Crippen LogP contribution in [0.3, 0.4) is 0 Å². The SMILES string of the molecule is CC[C@H](N)c1ccccc1N1CC(C)N(C)C(C)C1. The molecule has 0 spiro atoms. The van der Waals surface area contributed by atoms with Crippen molar-refractivity contribution in [3.63, 3.8) is 0 Å². The van der Waals surface area contributed by atoms with Crippen LogP contribution in [-0.4, -0.2) is 37.1 Å². The quantitative estimate of drug-likeness (QED) is 0.908. The number of para-hydroxylation sites is 1. The standard InChI is InChI=1S/C16H27N3/c1-5-15(17)14-8-6-7-9-16(14)19-10-12(2)18(4)13(3)11-19/h6-9,12-13,15H,5,10-11,17H2,1-4H3/t12?,13?,15-/m0/s1. The van der Waals surface area contributed by atoms with Gasteiger partial charge in [-0.15, -0.1) is 0 Å². The van der Waals surface area contributed by atoms with E-state index in [9.17, 15) is 0 Å². The topological polar surface area (TPSA) is 32.5 Å². The van der Waals surface area contributed by atoms with Gasteiger partial charge in [0.2, 0.25) is 0 Å². The van der Waals surface area contributed by atoms with E-state index in [-0.39, 0.29) is 6.04 Å². The van der Waals surface area contributed by atoms with Gasteiger partial charge in [0, 0.05) is 36.9 Å². The highest BCUT2D eigenvalue weighted by atomic mass is 15.3. The summed E-state index contributed by atoms with van der Waals surface area (Å²) in [6.07, 6.45) is 0.982. The van der Waals surface area contributed by atoms with Crippen molar-refractivity contribution in [3.05, 3.63) is 29.8 Å². The smallest absolute Gasteiger partial charge is 0.0415 e. The molecule has 3 heteroatoms. The maximum Gasteiger partial charge on any atom is 0.0415 e. The number of piperazine rings is 1. The molecule has 1 aliphatic heterocycles. The van der Waals surface area contributed by atoms with Crippen molar-refractivity contribution < 1.29 is 0 Å². The van der Waals surface area contributed by atoms with Gasteiger partial charge in [0.15, 0.2) is 0 Å². The molecule has 1 aromatic rings. The van der Waals surface area contributed by atoms with Crippen molar-refractivity contribution >= 4 is 5.69 Å². The fraction of sp³-hybridized carbons (Fsp3) is 0.625. The van der Waals surface area contributed by atoms with E-state index >= 15 is 0 Å². The van der Waals surface area contributed by atoms with Gasteiger partial charge in [0.25, 0.3) is 0 Å². The number of benzene rings is 1. The summed E-state index contributed by atoms with van der Waals surface area (Å²) >= 11 is 0. The molecule has 106 valence electrons. The summed E-state index contributed by atoms with van der Waals surface area (Å²) < 4.78 is 0. The second kappa shape index (κ2) is 5.93. The van der Waals surface area contributed by atoms with Crippen molar-refractivity contribution in [3.8, 4) is 0 Å². The fourth-order valence-electron chi connectivity index (χ4n) is 2.91. The maximum absolute atomic E-state index is 6.26. The van der Waals surface area contributed by atoms with E-state index < -0.39 is 0 Å². The molecule has 2 N–H and O–H groups in total. The second-order valence-electron chi connectivity index (χ2n) is 5.84. The maximum atomic E-state index is 6.26. The highest BCUT2D eigenvalue weighted by Crippen LogP contribution is 2.29. The molecule has 0 radical (unpaired) electrons. The number of anilines is 1. The number of nitrogens with two attached hydrogens (primary N) is 1. The van der Waals surface area contributed by atoms with Gasteiger partial charge >= 0.3 is 0 Å². The van der Waals surface area contributed by atoms with Crippen LogP contribution in [0.5, 0.6) is 0 Å². The molecule has 1 fully saturated rings. The summed E-state index contributed by atoms with van der Waals surface area (Å²) in [6.45, 7) is 8.90. The number of hydrogen-bond donors (Lipinski definition) is 1. The first-order valence-corrected chi connectivity index (χ1v) is 7.36. The zero-order chi connectivity index (χ0) is 14.0. The molecule has 0 bridgehead atoms. The van der Waals surface area contributed by atoms with Crippen LogP contribution < -0.4 is 10.6 Å². The van der Waals surface area contributed by atoms with Gasteiger partial charge in [-0.25, -0.2) is 0 Å². The lowest BCUT2D eigenvalue weighted by Gasteiger charge is -2.44. The molecule has 19 heavy (non-hydrogen) atoms. The van der Waals surface area contributed by atoms with Crippen LogP contribution in [0.4, 0.5) is 5.69 Å². The molecular formula is C16H27N3. The Kier molecular flexibility index (Phi) is 4.48. The lowest BCUT2D eigenvalue weighted by Crippen LogP contribution is -2.55. The largest absolute Gasteiger partial charge is 0.368 e. The summed E-state index contributed by atoms with van der Waals surface area (Å²) in [5, 5.41) is 0. The Bertz CT molecular complexity index is 406. The van der Waals surface area contributed by atoms with E-state index in [4.69, 9.17) is 5.73 Å². The molecule has 0 amide bonds. The minimum absolute atomic E-state index is 0.140. The number of likely N-dealkylation sites (N-methyl/N-ethyl adjacent to an activating group) is 1. The highest BCUT2D eigenvalue weighted by molar-refractivity contribution is 5.55. The number of hydrogen-bond acceptors (Lipinski definition) is 3. The van der Waals surface area contributed by atoms with Crippen molar-refractivity contribution in [1.82, 2.24) is 4.90 Å². The van der Waals surface area contributed by atoms with Gasteiger partial charge in [-0.3, -0.25) is 4.90 Å². The summed E-state index contributed by atoms with van der Waals surface area (Å²) in [5.41, 5.74) is 8.87. The average molecular weight is 261 g/mol. The Hall–Kier alpha value is -1.06. The minimum Gasteiger partial charge on any atom is -0.368 e. The van der Waals surface area contributed by atoms with E-state index in [1.165, 1.54) is 11.3 Å². The zero-order valence-electron chi connectivity index (χ0n) is 12.6. The van der Waals surface area contributed by atoms with Gasteiger partial charge in [0.1, 0.15) is 0 Å². The zero-order valence-corrected chi connectivity index (χ0v) is 12.6. The number of rotatable bonds is 3. The summed E-state index contributed by atoms with van der Waals surface area (Å²) in [4.78, 5) is 4.96. The summed E-state index contributed by atoms with van der Waals surface area (Å²) in [5.74, 6) is 0. The molecule has 2 rings (SSSR count). The molecule has 1 saturated heterocycles. The number of nitrogens with zero attached hydrogens (tertiary/aromatic N) is 2. The van der Waals surface area contributed by atoms with Crippen molar-refractivity contribution in [2.75, 3.05) is 25.0 Å². The van der Waals surface area contributed by atoms with Gasteiger partial charge in [-0.2, -0.15) is 0 Å². The molecule has 1 aromatic carbocycles. The van der Waals surface area contributed by atoms with E-state index in [0.29, 0.717) is 12.1 Å². The van der Waals surface area contributed by atoms with Crippen molar-refractivity contribution in [1.29, 1.82) is 0 Å². The predicted molar refractivity (Wildman–Crippen MR) is 82.6 cm³/mol. The molecule has 2 unspecified atom stereocenters. The molecule has 3 atom stereocenters. The van der Waals surface area contributed by atoms with Gasteiger partial charge in [-0.05, 0) is 38.9 Å². The third-order valence-corrected chi connectivity index (χ3v) is 4.48. The first-order chi connectivity index (χ1) is 9.04. The fourth-order valence-corrected chi connectivity index (χ4v) is 2.91.